The van der Waals surface area contributed by atoms with Gasteiger partial charge in [-0.05, 0) is 30.0 Å². The van der Waals surface area contributed by atoms with Crippen molar-refractivity contribution < 1.29 is 9.69 Å². The number of anilines is 1. The maximum Gasteiger partial charge on any atom is 0.279 e. The molecule has 0 radical (unpaired) electrons. The van der Waals surface area contributed by atoms with Crippen LogP contribution in [-0.4, -0.2) is 19.0 Å². The van der Waals surface area contributed by atoms with Crippen LogP contribution in [-0.2, 0) is 11.2 Å². The molecule has 0 fully saturated rings. The third-order valence-corrected chi connectivity index (χ3v) is 6.20. The lowest BCUT2D eigenvalue weighted by molar-refractivity contribution is -0.923. The SMILES string of the molecule is C[C@H]1c2ccsc2CC[NH+]1CC(=O)Nc1ccccc1-c1ccccc1. The zero-order valence-electron chi connectivity index (χ0n) is 14.9. The number of nitrogens with one attached hydrogen (secondary N) is 2. The van der Waals surface area contributed by atoms with E-state index in [1.165, 1.54) is 15.3 Å². The van der Waals surface area contributed by atoms with E-state index < -0.39 is 0 Å². The van der Waals surface area contributed by atoms with Gasteiger partial charge in [-0.3, -0.25) is 4.79 Å². The van der Waals surface area contributed by atoms with Gasteiger partial charge in [-0.1, -0.05) is 48.5 Å². The Kier molecular flexibility index (Phi) is 4.87. The summed E-state index contributed by atoms with van der Waals surface area (Å²) in [5.41, 5.74) is 4.46. The van der Waals surface area contributed by atoms with E-state index in [9.17, 15) is 4.79 Å². The second-order valence-electron chi connectivity index (χ2n) is 6.82. The Labute approximate surface area is 158 Å². The van der Waals surface area contributed by atoms with Crippen molar-refractivity contribution in [1.29, 1.82) is 0 Å². The van der Waals surface area contributed by atoms with Crippen LogP contribution in [0, 0.1) is 0 Å². The Morgan fingerprint density at radius 1 is 1.12 bits per heavy atom. The molecule has 1 aliphatic rings. The molecular formula is C22H23N2OS+. The number of hydrogen-bond acceptors (Lipinski definition) is 2. The van der Waals surface area contributed by atoms with E-state index in [4.69, 9.17) is 0 Å². The molecule has 1 aliphatic heterocycles. The highest BCUT2D eigenvalue weighted by Crippen LogP contribution is 2.27. The summed E-state index contributed by atoms with van der Waals surface area (Å²) in [6.07, 6.45) is 1.07. The maximum absolute atomic E-state index is 12.7. The van der Waals surface area contributed by atoms with Gasteiger partial charge in [-0.15, -0.1) is 11.3 Å². The summed E-state index contributed by atoms with van der Waals surface area (Å²) in [4.78, 5) is 15.6. The minimum Gasteiger partial charge on any atom is -0.321 e. The molecule has 3 aromatic rings. The Balaban J connectivity index is 1.48. The molecule has 4 heteroatoms. The zero-order chi connectivity index (χ0) is 17.9. The first-order chi connectivity index (χ1) is 12.7. The first-order valence-electron chi connectivity index (χ1n) is 9.07. The Bertz CT molecular complexity index is 903. The summed E-state index contributed by atoms with van der Waals surface area (Å²) < 4.78 is 0. The molecule has 0 bridgehead atoms. The molecule has 3 nitrogen and oxygen atoms in total. The van der Waals surface area contributed by atoms with E-state index in [0.717, 1.165) is 29.8 Å². The molecule has 1 aromatic heterocycles. The van der Waals surface area contributed by atoms with Crippen molar-refractivity contribution in [2.75, 3.05) is 18.4 Å². The highest BCUT2D eigenvalue weighted by atomic mass is 32.1. The lowest BCUT2D eigenvalue weighted by Gasteiger charge is -2.30. The number of quaternary nitrogens is 1. The molecule has 0 spiro atoms. The summed E-state index contributed by atoms with van der Waals surface area (Å²) in [5, 5.41) is 5.30. The molecule has 1 amide bonds. The van der Waals surface area contributed by atoms with E-state index in [2.05, 4.69) is 41.9 Å². The summed E-state index contributed by atoms with van der Waals surface area (Å²) in [7, 11) is 0. The summed E-state index contributed by atoms with van der Waals surface area (Å²) in [6, 6.07) is 20.8. The molecule has 2 heterocycles. The van der Waals surface area contributed by atoms with Crippen molar-refractivity contribution in [3.8, 4) is 11.1 Å². The van der Waals surface area contributed by atoms with Crippen LogP contribution in [0.4, 0.5) is 5.69 Å². The summed E-state index contributed by atoms with van der Waals surface area (Å²) >= 11 is 1.84. The quantitative estimate of drug-likeness (QED) is 0.730. The second-order valence-corrected chi connectivity index (χ2v) is 7.82. The number of thiophene rings is 1. The van der Waals surface area contributed by atoms with E-state index in [-0.39, 0.29) is 5.91 Å². The van der Waals surface area contributed by atoms with Gasteiger partial charge in [0, 0.05) is 28.1 Å². The Morgan fingerprint density at radius 3 is 2.73 bits per heavy atom. The average molecular weight is 364 g/mol. The molecule has 4 rings (SSSR count). The zero-order valence-corrected chi connectivity index (χ0v) is 15.7. The molecule has 0 saturated heterocycles. The second kappa shape index (κ2) is 7.44. The fourth-order valence-corrected chi connectivity index (χ4v) is 4.73. The van der Waals surface area contributed by atoms with E-state index in [0.29, 0.717) is 12.6 Å². The van der Waals surface area contributed by atoms with Crippen LogP contribution in [0.3, 0.4) is 0 Å². The van der Waals surface area contributed by atoms with Crippen molar-refractivity contribution in [3.63, 3.8) is 0 Å². The van der Waals surface area contributed by atoms with Crippen molar-refractivity contribution in [1.82, 2.24) is 0 Å². The predicted molar refractivity (Wildman–Crippen MR) is 108 cm³/mol. The van der Waals surface area contributed by atoms with Gasteiger partial charge in [0.25, 0.3) is 5.91 Å². The molecule has 0 saturated carbocycles. The summed E-state index contributed by atoms with van der Waals surface area (Å²) in [6.45, 7) is 3.74. The maximum atomic E-state index is 12.7. The first kappa shape index (κ1) is 17.0. The number of hydrogen-bond donors (Lipinski definition) is 2. The monoisotopic (exact) mass is 363 g/mol. The van der Waals surface area contributed by atoms with Crippen molar-refractivity contribution in [2.45, 2.75) is 19.4 Å². The molecule has 0 aliphatic carbocycles. The van der Waals surface area contributed by atoms with Crippen LogP contribution < -0.4 is 10.2 Å². The minimum absolute atomic E-state index is 0.0777. The van der Waals surface area contributed by atoms with E-state index in [1.807, 2.05) is 47.7 Å². The van der Waals surface area contributed by atoms with E-state index in [1.54, 1.807) is 0 Å². The standard InChI is InChI=1S/C22H22N2OS/c1-16-18-12-14-26-21(18)11-13-24(16)15-22(25)23-20-10-6-5-9-19(20)17-7-3-2-4-8-17/h2-10,12,14,16H,11,13,15H2,1H3,(H,23,25)/p+1/t16-/m0/s1. The number of amides is 1. The van der Waals surface area contributed by atoms with Gasteiger partial charge in [0.05, 0.1) is 6.54 Å². The number of benzene rings is 2. The molecule has 2 N–H and O–H groups in total. The fraction of sp³-hybridized carbons (Fsp3) is 0.227. The van der Waals surface area contributed by atoms with Crippen molar-refractivity contribution >= 4 is 22.9 Å². The normalized spacial score (nSPS) is 19.0. The third-order valence-electron chi connectivity index (χ3n) is 5.21. The van der Waals surface area contributed by atoms with Gasteiger partial charge in [-0.2, -0.15) is 0 Å². The molecule has 1 unspecified atom stereocenters. The number of fused-ring (bicyclic) bond motifs is 1. The van der Waals surface area contributed by atoms with Gasteiger partial charge in [0.1, 0.15) is 6.04 Å². The molecule has 2 atom stereocenters. The summed E-state index contributed by atoms with van der Waals surface area (Å²) in [5.74, 6) is 0.0777. The lowest BCUT2D eigenvalue weighted by Crippen LogP contribution is -3.14. The van der Waals surface area contributed by atoms with Crippen LogP contribution in [0.2, 0.25) is 0 Å². The van der Waals surface area contributed by atoms with Gasteiger partial charge >= 0.3 is 0 Å². The topological polar surface area (TPSA) is 33.5 Å². The van der Waals surface area contributed by atoms with Gasteiger partial charge < -0.3 is 10.2 Å². The van der Waals surface area contributed by atoms with Crippen LogP contribution in [0.5, 0.6) is 0 Å². The van der Waals surface area contributed by atoms with Gasteiger partial charge in [0.15, 0.2) is 6.54 Å². The molecule has 132 valence electrons. The highest BCUT2D eigenvalue weighted by Gasteiger charge is 2.29. The van der Waals surface area contributed by atoms with Gasteiger partial charge in [0.2, 0.25) is 0 Å². The molecule has 2 aromatic carbocycles. The van der Waals surface area contributed by atoms with Crippen LogP contribution in [0.1, 0.15) is 23.4 Å². The largest absolute Gasteiger partial charge is 0.321 e. The van der Waals surface area contributed by atoms with Crippen molar-refractivity contribution in [3.05, 3.63) is 76.5 Å². The third kappa shape index (κ3) is 3.43. The molecule has 26 heavy (non-hydrogen) atoms. The predicted octanol–water partition coefficient (Wildman–Crippen LogP) is 3.56. The van der Waals surface area contributed by atoms with Crippen LogP contribution in [0.15, 0.2) is 66.0 Å². The molecular weight excluding hydrogens is 340 g/mol. The van der Waals surface area contributed by atoms with Crippen LogP contribution in [0.25, 0.3) is 11.1 Å². The Hall–Kier alpha value is -2.43. The van der Waals surface area contributed by atoms with Gasteiger partial charge in [-0.25, -0.2) is 0 Å². The Morgan fingerprint density at radius 2 is 1.88 bits per heavy atom. The number of rotatable bonds is 4. The van der Waals surface area contributed by atoms with Crippen molar-refractivity contribution in [2.24, 2.45) is 0 Å². The van der Waals surface area contributed by atoms with Crippen LogP contribution >= 0.6 is 11.3 Å². The first-order valence-corrected chi connectivity index (χ1v) is 9.95. The number of carbonyl (C=O) groups is 1. The minimum atomic E-state index is 0.0777. The lowest BCUT2D eigenvalue weighted by atomic mass is 10.0. The average Bonchev–Trinajstić information content (AvgIpc) is 3.15. The number of para-hydroxylation sites is 1. The fourth-order valence-electron chi connectivity index (χ4n) is 3.75. The number of carbonyl (C=O) groups excluding carboxylic acids is 1. The smallest absolute Gasteiger partial charge is 0.279 e. The van der Waals surface area contributed by atoms with E-state index >= 15 is 0 Å². The highest BCUT2D eigenvalue weighted by molar-refractivity contribution is 7.10.